The Morgan fingerprint density at radius 3 is 2.68 bits per heavy atom. The van der Waals surface area contributed by atoms with E-state index in [1.54, 1.807) is 0 Å². The van der Waals surface area contributed by atoms with E-state index >= 15 is 0 Å². The minimum atomic E-state index is 0. The topological polar surface area (TPSA) is 70.7 Å². The molecular formula is C16H25IN4O. The zero-order chi connectivity index (χ0) is 15.1. The maximum absolute atomic E-state index is 11.4. The van der Waals surface area contributed by atoms with E-state index in [4.69, 9.17) is 5.73 Å². The molecule has 0 saturated carbocycles. The maximum Gasteiger partial charge on any atom is 0.222 e. The molecule has 1 aliphatic heterocycles. The molecule has 1 amide bonds. The number of guanidine groups is 1. The van der Waals surface area contributed by atoms with Gasteiger partial charge in [-0.05, 0) is 37.0 Å². The highest BCUT2D eigenvalue weighted by molar-refractivity contribution is 14.0. The van der Waals surface area contributed by atoms with Crippen LogP contribution in [0.3, 0.4) is 0 Å². The molecule has 2 rings (SSSR count). The van der Waals surface area contributed by atoms with Gasteiger partial charge in [-0.1, -0.05) is 19.1 Å². The number of carbonyl (C=O) groups is 1. The number of nitrogens with two attached hydrogens (primary N) is 1. The number of hydrogen-bond acceptors (Lipinski definition) is 2. The molecule has 0 aromatic heterocycles. The molecule has 3 N–H and O–H groups in total. The Bertz CT molecular complexity index is 501. The van der Waals surface area contributed by atoms with Gasteiger partial charge in [0.25, 0.3) is 0 Å². The van der Waals surface area contributed by atoms with E-state index in [0.29, 0.717) is 18.9 Å². The van der Waals surface area contributed by atoms with Crippen molar-refractivity contribution >= 4 is 41.5 Å². The summed E-state index contributed by atoms with van der Waals surface area (Å²) in [5.74, 6) is 0.688. The largest absolute Gasteiger partial charge is 0.370 e. The summed E-state index contributed by atoms with van der Waals surface area (Å²) < 4.78 is 0. The predicted octanol–water partition coefficient (Wildman–Crippen LogP) is 2.61. The molecule has 22 heavy (non-hydrogen) atoms. The van der Waals surface area contributed by atoms with Gasteiger partial charge in [0.1, 0.15) is 0 Å². The molecule has 1 aliphatic rings. The standard InChI is InChI=1S/C16H24N4O.HI/c1-2-13-6-8-14(9-7-13)19-16(17)18-10-4-12-20-11-3-5-15(20)21;/h6-9H,2-5,10-12H2,1H3,(H3,17,18,19);1H. The molecule has 0 radical (unpaired) electrons. The van der Waals surface area contributed by atoms with Gasteiger partial charge in [-0.15, -0.1) is 24.0 Å². The fourth-order valence-corrected chi connectivity index (χ4v) is 2.41. The Hall–Kier alpha value is -1.31. The molecule has 1 saturated heterocycles. The van der Waals surface area contributed by atoms with Crippen LogP contribution in [0.1, 0.15) is 31.7 Å². The van der Waals surface area contributed by atoms with Crippen LogP contribution in [0, 0.1) is 0 Å². The van der Waals surface area contributed by atoms with Crippen LogP contribution in [0.25, 0.3) is 0 Å². The lowest BCUT2D eigenvalue weighted by molar-refractivity contribution is -0.127. The lowest BCUT2D eigenvalue weighted by atomic mass is 10.1. The second-order valence-electron chi connectivity index (χ2n) is 5.28. The Morgan fingerprint density at radius 2 is 2.09 bits per heavy atom. The number of hydrogen-bond donors (Lipinski definition) is 2. The SMILES string of the molecule is CCc1ccc(NC(N)=NCCCN2CCCC2=O)cc1.I. The molecule has 1 aromatic rings. The van der Waals surface area contributed by atoms with E-state index in [9.17, 15) is 4.79 Å². The number of amides is 1. The van der Waals surface area contributed by atoms with Crippen molar-refractivity contribution in [2.75, 3.05) is 25.0 Å². The van der Waals surface area contributed by atoms with Crippen LogP contribution in [-0.2, 0) is 11.2 Å². The molecule has 1 fully saturated rings. The van der Waals surface area contributed by atoms with Crippen LogP contribution in [0.4, 0.5) is 5.69 Å². The zero-order valence-corrected chi connectivity index (χ0v) is 15.4. The van der Waals surface area contributed by atoms with Gasteiger partial charge in [0.15, 0.2) is 5.96 Å². The minimum absolute atomic E-state index is 0. The Kier molecular flexibility index (Phi) is 8.22. The van der Waals surface area contributed by atoms with Crippen molar-refractivity contribution in [2.45, 2.75) is 32.6 Å². The quantitative estimate of drug-likeness (QED) is 0.324. The molecule has 0 aliphatic carbocycles. The van der Waals surface area contributed by atoms with Crippen molar-refractivity contribution < 1.29 is 4.79 Å². The van der Waals surface area contributed by atoms with Gasteiger partial charge < -0.3 is 16.0 Å². The highest BCUT2D eigenvalue weighted by Crippen LogP contribution is 2.10. The molecule has 0 atom stereocenters. The van der Waals surface area contributed by atoms with E-state index in [1.165, 1.54) is 5.56 Å². The second kappa shape index (κ2) is 9.66. The molecule has 6 heteroatoms. The highest BCUT2D eigenvalue weighted by atomic mass is 127. The van der Waals surface area contributed by atoms with Crippen LogP contribution in [0.5, 0.6) is 0 Å². The molecular weight excluding hydrogens is 391 g/mol. The first kappa shape index (κ1) is 18.7. The molecule has 1 heterocycles. The predicted molar refractivity (Wildman–Crippen MR) is 102 cm³/mol. The molecule has 0 unspecified atom stereocenters. The number of benzene rings is 1. The summed E-state index contributed by atoms with van der Waals surface area (Å²) in [6.07, 6.45) is 3.56. The average molecular weight is 416 g/mol. The number of carbonyl (C=O) groups excluding carboxylic acids is 1. The van der Waals surface area contributed by atoms with Gasteiger partial charge in [0.2, 0.25) is 5.91 Å². The van der Waals surface area contributed by atoms with E-state index in [2.05, 4.69) is 29.4 Å². The van der Waals surface area contributed by atoms with Crippen molar-refractivity contribution in [1.82, 2.24) is 4.90 Å². The number of nitrogens with one attached hydrogen (secondary N) is 1. The van der Waals surface area contributed by atoms with E-state index in [0.717, 1.165) is 38.0 Å². The molecule has 1 aromatic carbocycles. The van der Waals surface area contributed by atoms with Crippen molar-refractivity contribution in [2.24, 2.45) is 10.7 Å². The average Bonchev–Trinajstić information content (AvgIpc) is 2.90. The lowest BCUT2D eigenvalue weighted by Crippen LogP contribution is -2.27. The summed E-state index contributed by atoms with van der Waals surface area (Å²) in [4.78, 5) is 17.6. The zero-order valence-electron chi connectivity index (χ0n) is 13.0. The van der Waals surface area contributed by atoms with Gasteiger partial charge in [0, 0.05) is 31.7 Å². The summed E-state index contributed by atoms with van der Waals surface area (Å²) in [5.41, 5.74) is 8.10. The first-order valence-electron chi connectivity index (χ1n) is 7.62. The number of nitrogens with zero attached hydrogens (tertiary/aromatic N) is 2. The molecule has 0 spiro atoms. The highest BCUT2D eigenvalue weighted by Gasteiger charge is 2.18. The summed E-state index contributed by atoms with van der Waals surface area (Å²) in [7, 11) is 0. The summed E-state index contributed by atoms with van der Waals surface area (Å²) >= 11 is 0. The third-order valence-corrected chi connectivity index (χ3v) is 3.67. The lowest BCUT2D eigenvalue weighted by Gasteiger charge is -2.14. The number of halogens is 1. The summed E-state index contributed by atoms with van der Waals surface area (Å²) in [6.45, 7) is 4.43. The number of anilines is 1. The first-order chi connectivity index (χ1) is 10.2. The van der Waals surface area contributed by atoms with Crippen LogP contribution in [0.2, 0.25) is 0 Å². The van der Waals surface area contributed by atoms with Crippen LogP contribution < -0.4 is 11.1 Å². The number of aryl methyl sites for hydroxylation is 1. The van der Waals surface area contributed by atoms with Crippen molar-refractivity contribution in [3.8, 4) is 0 Å². The van der Waals surface area contributed by atoms with Gasteiger partial charge in [0.05, 0.1) is 0 Å². The third-order valence-electron chi connectivity index (χ3n) is 3.67. The van der Waals surface area contributed by atoms with Crippen LogP contribution in [-0.4, -0.2) is 36.4 Å². The fourth-order valence-electron chi connectivity index (χ4n) is 2.41. The summed E-state index contributed by atoms with van der Waals surface area (Å²) in [5, 5.41) is 3.08. The minimum Gasteiger partial charge on any atom is -0.370 e. The molecule has 5 nitrogen and oxygen atoms in total. The first-order valence-corrected chi connectivity index (χ1v) is 7.62. The number of rotatable bonds is 6. The van der Waals surface area contributed by atoms with E-state index in [-0.39, 0.29) is 29.9 Å². The normalized spacial score (nSPS) is 14.9. The molecule has 122 valence electrons. The van der Waals surface area contributed by atoms with Crippen molar-refractivity contribution in [3.05, 3.63) is 29.8 Å². The maximum atomic E-state index is 11.4. The Labute approximate surface area is 149 Å². The number of aliphatic imine (C=N–C) groups is 1. The monoisotopic (exact) mass is 416 g/mol. The Balaban J connectivity index is 0.00000242. The van der Waals surface area contributed by atoms with Gasteiger partial charge in [-0.3, -0.25) is 9.79 Å². The van der Waals surface area contributed by atoms with Crippen LogP contribution >= 0.6 is 24.0 Å². The van der Waals surface area contributed by atoms with Gasteiger partial charge in [-0.2, -0.15) is 0 Å². The fraction of sp³-hybridized carbons (Fsp3) is 0.500. The van der Waals surface area contributed by atoms with Gasteiger partial charge >= 0.3 is 0 Å². The van der Waals surface area contributed by atoms with E-state index < -0.39 is 0 Å². The van der Waals surface area contributed by atoms with E-state index in [1.807, 2.05) is 17.0 Å². The number of likely N-dealkylation sites (tertiary alicyclic amines) is 1. The van der Waals surface area contributed by atoms with Gasteiger partial charge in [-0.25, -0.2) is 0 Å². The summed E-state index contributed by atoms with van der Waals surface area (Å²) in [6, 6.07) is 8.16. The van der Waals surface area contributed by atoms with Crippen LogP contribution in [0.15, 0.2) is 29.3 Å². The molecule has 0 bridgehead atoms. The van der Waals surface area contributed by atoms with Crippen molar-refractivity contribution in [1.29, 1.82) is 0 Å². The van der Waals surface area contributed by atoms with Crippen molar-refractivity contribution in [3.63, 3.8) is 0 Å². The Morgan fingerprint density at radius 1 is 1.36 bits per heavy atom. The third kappa shape index (κ3) is 5.82. The smallest absolute Gasteiger partial charge is 0.222 e. The second-order valence-corrected chi connectivity index (χ2v) is 5.28.